The summed E-state index contributed by atoms with van der Waals surface area (Å²) in [5.41, 5.74) is 2.10. The Balaban J connectivity index is 1.42. The first-order valence-corrected chi connectivity index (χ1v) is 10.4. The van der Waals surface area contributed by atoms with Crippen LogP contribution < -0.4 is 15.7 Å². The molecule has 7 heteroatoms. The Morgan fingerprint density at radius 2 is 1.97 bits per heavy atom. The number of rotatable bonds is 5. The molecule has 1 aromatic heterocycles. The number of anilines is 1. The first-order valence-electron chi connectivity index (χ1n) is 10.4. The number of nitrogens with one attached hydrogen (secondary N) is 1. The Morgan fingerprint density at radius 1 is 1.23 bits per heavy atom. The number of ether oxygens (including phenoxy) is 1. The molecule has 2 aromatic carbocycles. The summed E-state index contributed by atoms with van der Waals surface area (Å²) in [6.07, 6.45) is 1.47. The summed E-state index contributed by atoms with van der Waals surface area (Å²) < 4.78 is 10.6. The van der Waals surface area contributed by atoms with Crippen molar-refractivity contribution in [3.63, 3.8) is 0 Å². The number of benzene rings is 2. The van der Waals surface area contributed by atoms with E-state index in [1.807, 2.05) is 24.3 Å². The summed E-state index contributed by atoms with van der Waals surface area (Å²) in [5.74, 6) is 0.679. The van der Waals surface area contributed by atoms with Gasteiger partial charge in [0.05, 0.1) is 12.8 Å². The Bertz CT molecular complexity index is 1160. The summed E-state index contributed by atoms with van der Waals surface area (Å²) in [5, 5.41) is 13.7. The number of phenols is 1. The SMILES string of the molecule is COc1ccccc1NC(=O)C1CCN(Cc2cc(=O)oc3c(C)c(O)ccc23)CC1. The van der Waals surface area contributed by atoms with Crippen LogP contribution in [0.3, 0.4) is 0 Å². The first kappa shape index (κ1) is 20.9. The van der Waals surface area contributed by atoms with E-state index in [1.54, 1.807) is 26.2 Å². The van der Waals surface area contributed by atoms with E-state index in [0.29, 0.717) is 29.1 Å². The summed E-state index contributed by atoms with van der Waals surface area (Å²) in [4.78, 5) is 27.0. The lowest BCUT2D eigenvalue weighted by Gasteiger charge is -2.31. The number of piperidine rings is 1. The van der Waals surface area contributed by atoms with E-state index in [2.05, 4.69) is 10.2 Å². The number of likely N-dealkylation sites (tertiary alicyclic amines) is 1. The molecule has 1 fully saturated rings. The van der Waals surface area contributed by atoms with Crippen LogP contribution in [0.5, 0.6) is 11.5 Å². The topological polar surface area (TPSA) is 92.0 Å². The molecule has 0 atom stereocenters. The molecule has 0 saturated carbocycles. The number of nitrogens with zero attached hydrogens (tertiary/aromatic N) is 1. The molecule has 2 heterocycles. The molecule has 1 aliphatic rings. The molecule has 1 saturated heterocycles. The van der Waals surface area contributed by atoms with Gasteiger partial charge in [-0.3, -0.25) is 9.69 Å². The summed E-state index contributed by atoms with van der Waals surface area (Å²) in [6.45, 7) is 3.83. The summed E-state index contributed by atoms with van der Waals surface area (Å²) in [6, 6.07) is 12.3. The number of aromatic hydroxyl groups is 1. The largest absolute Gasteiger partial charge is 0.508 e. The van der Waals surface area contributed by atoms with Gasteiger partial charge in [0.1, 0.15) is 17.1 Å². The van der Waals surface area contributed by atoms with Gasteiger partial charge in [-0.25, -0.2) is 4.79 Å². The molecule has 2 N–H and O–H groups in total. The van der Waals surface area contributed by atoms with Gasteiger partial charge in [0.2, 0.25) is 5.91 Å². The summed E-state index contributed by atoms with van der Waals surface area (Å²) >= 11 is 0. The highest BCUT2D eigenvalue weighted by Gasteiger charge is 2.26. The smallest absolute Gasteiger partial charge is 0.336 e. The Kier molecular flexibility index (Phi) is 5.95. The third-order valence-corrected chi connectivity index (χ3v) is 5.94. The number of hydrogen-bond acceptors (Lipinski definition) is 6. The Morgan fingerprint density at radius 3 is 2.71 bits per heavy atom. The van der Waals surface area contributed by atoms with Crippen LogP contribution >= 0.6 is 0 Å². The lowest BCUT2D eigenvalue weighted by atomic mass is 9.95. The Hall–Kier alpha value is -3.32. The maximum Gasteiger partial charge on any atom is 0.336 e. The molecule has 1 aliphatic heterocycles. The van der Waals surface area contributed by atoms with E-state index in [0.717, 1.165) is 36.9 Å². The van der Waals surface area contributed by atoms with Crippen molar-refractivity contribution in [2.75, 3.05) is 25.5 Å². The number of aryl methyl sites for hydroxylation is 1. The molecular weight excluding hydrogens is 396 g/mol. The molecule has 31 heavy (non-hydrogen) atoms. The van der Waals surface area contributed by atoms with Gasteiger partial charge in [-0.1, -0.05) is 12.1 Å². The third kappa shape index (κ3) is 4.41. The maximum absolute atomic E-state index is 12.7. The Labute approximate surface area is 180 Å². The van der Waals surface area contributed by atoms with Gasteiger partial charge in [0.15, 0.2) is 0 Å². The predicted molar refractivity (Wildman–Crippen MR) is 119 cm³/mol. The number of para-hydroxylation sites is 2. The fourth-order valence-corrected chi connectivity index (χ4v) is 4.12. The average Bonchev–Trinajstić information content (AvgIpc) is 2.77. The standard InChI is InChI=1S/C24H26N2O5/c1-15-20(27)8-7-18-17(13-22(28)31-23(15)18)14-26-11-9-16(10-12-26)24(29)25-19-5-3-4-6-21(19)30-2/h3-8,13,16,27H,9-12,14H2,1-2H3,(H,25,29). The highest BCUT2D eigenvalue weighted by atomic mass is 16.5. The molecule has 162 valence electrons. The molecule has 7 nitrogen and oxygen atoms in total. The molecule has 4 rings (SSSR count). The molecule has 0 radical (unpaired) electrons. The van der Waals surface area contributed by atoms with Gasteiger partial charge in [-0.15, -0.1) is 0 Å². The highest BCUT2D eigenvalue weighted by molar-refractivity contribution is 5.94. The van der Waals surface area contributed by atoms with E-state index < -0.39 is 5.63 Å². The highest BCUT2D eigenvalue weighted by Crippen LogP contribution is 2.29. The van der Waals surface area contributed by atoms with Crippen molar-refractivity contribution in [2.24, 2.45) is 5.92 Å². The zero-order valence-corrected chi connectivity index (χ0v) is 17.7. The second-order valence-electron chi connectivity index (χ2n) is 7.92. The second kappa shape index (κ2) is 8.81. The maximum atomic E-state index is 12.7. The minimum absolute atomic E-state index is 0.000977. The molecule has 0 unspecified atom stereocenters. The van der Waals surface area contributed by atoms with Crippen LogP contribution in [0.15, 0.2) is 51.7 Å². The fraction of sp³-hybridized carbons (Fsp3) is 0.333. The number of carbonyl (C=O) groups is 1. The third-order valence-electron chi connectivity index (χ3n) is 5.94. The average molecular weight is 422 g/mol. The van der Waals surface area contributed by atoms with Crippen LogP contribution in [-0.2, 0) is 11.3 Å². The van der Waals surface area contributed by atoms with Gasteiger partial charge in [0, 0.05) is 29.5 Å². The first-order chi connectivity index (χ1) is 15.0. The molecule has 3 aromatic rings. The summed E-state index contributed by atoms with van der Waals surface area (Å²) in [7, 11) is 1.58. The molecule has 0 aliphatic carbocycles. The normalized spacial score (nSPS) is 15.2. The van der Waals surface area contributed by atoms with Gasteiger partial charge < -0.3 is 19.6 Å². The number of methoxy groups -OCH3 is 1. The predicted octanol–water partition coefficient (Wildman–Crippen LogP) is 3.67. The zero-order valence-electron chi connectivity index (χ0n) is 17.7. The van der Waals surface area contributed by atoms with E-state index in [4.69, 9.17) is 9.15 Å². The van der Waals surface area contributed by atoms with E-state index >= 15 is 0 Å². The second-order valence-corrected chi connectivity index (χ2v) is 7.92. The molecule has 0 bridgehead atoms. The van der Waals surface area contributed by atoms with Crippen LogP contribution in [0, 0.1) is 12.8 Å². The van der Waals surface area contributed by atoms with Gasteiger partial charge in [-0.05, 0) is 62.7 Å². The van der Waals surface area contributed by atoms with Gasteiger partial charge in [-0.2, -0.15) is 0 Å². The number of amides is 1. The van der Waals surface area contributed by atoms with Crippen LogP contribution in [0.4, 0.5) is 5.69 Å². The van der Waals surface area contributed by atoms with Crippen LogP contribution in [0.25, 0.3) is 11.0 Å². The van der Waals surface area contributed by atoms with Gasteiger partial charge >= 0.3 is 5.63 Å². The van der Waals surface area contributed by atoms with Crippen molar-refractivity contribution in [3.8, 4) is 11.5 Å². The van der Waals surface area contributed by atoms with Crippen molar-refractivity contribution in [1.82, 2.24) is 4.90 Å². The van der Waals surface area contributed by atoms with Crippen molar-refractivity contribution in [1.29, 1.82) is 0 Å². The number of fused-ring (bicyclic) bond motifs is 1. The van der Waals surface area contributed by atoms with E-state index in [1.165, 1.54) is 6.07 Å². The quantitative estimate of drug-likeness (QED) is 0.610. The fourth-order valence-electron chi connectivity index (χ4n) is 4.12. The molecule has 0 spiro atoms. The number of phenolic OH excluding ortho intramolecular Hbond substituents is 1. The minimum atomic E-state index is -0.428. The van der Waals surface area contributed by atoms with Crippen molar-refractivity contribution in [2.45, 2.75) is 26.3 Å². The van der Waals surface area contributed by atoms with Crippen LogP contribution in [0.2, 0.25) is 0 Å². The lowest BCUT2D eigenvalue weighted by Crippen LogP contribution is -2.38. The zero-order chi connectivity index (χ0) is 22.0. The van der Waals surface area contributed by atoms with Crippen molar-refractivity contribution >= 4 is 22.6 Å². The minimum Gasteiger partial charge on any atom is -0.508 e. The van der Waals surface area contributed by atoms with Crippen molar-refractivity contribution < 1.29 is 19.1 Å². The molecular formula is C24H26N2O5. The molecule has 1 amide bonds. The van der Waals surface area contributed by atoms with Crippen molar-refractivity contribution in [3.05, 3.63) is 64.0 Å². The van der Waals surface area contributed by atoms with Crippen LogP contribution in [-0.4, -0.2) is 36.1 Å². The number of hydrogen-bond donors (Lipinski definition) is 2. The van der Waals surface area contributed by atoms with Gasteiger partial charge in [0.25, 0.3) is 0 Å². The van der Waals surface area contributed by atoms with Crippen LogP contribution in [0.1, 0.15) is 24.0 Å². The van der Waals surface area contributed by atoms with E-state index in [9.17, 15) is 14.7 Å². The monoisotopic (exact) mass is 422 g/mol. The lowest BCUT2D eigenvalue weighted by molar-refractivity contribution is -0.121. The number of carbonyl (C=O) groups excluding carboxylic acids is 1. The van der Waals surface area contributed by atoms with E-state index in [-0.39, 0.29) is 17.6 Å².